The van der Waals surface area contributed by atoms with E-state index in [4.69, 9.17) is 0 Å². The maximum Gasteiger partial charge on any atom is 0.238 e. The molecule has 1 atom stereocenters. The Morgan fingerprint density at radius 1 is 1.20 bits per heavy atom. The van der Waals surface area contributed by atoms with Gasteiger partial charge in [-0.3, -0.25) is 9.59 Å². The van der Waals surface area contributed by atoms with Crippen molar-refractivity contribution < 1.29 is 9.59 Å². The topological polar surface area (TPSA) is 58.2 Å². The molecule has 0 radical (unpaired) electrons. The molecule has 0 bridgehead atoms. The molecule has 0 spiro atoms. The van der Waals surface area contributed by atoms with E-state index in [9.17, 15) is 9.59 Å². The lowest BCUT2D eigenvalue weighted by atomic mass is 10.1. The molecule has 1 fully saturated rings. The second kappa shape index (κ2) is 6.39. The van der Waals surface area contributed by atoms with Gasteiger partial charge in [0, 0.05) is 17.3 Å². The molecule has 0 aliphatic heterocycles. The van der Waals surface area contributed by atoms with E-state index in [-0.39, 0.29) is 28.5 Å². The number of alkyl halides is 1. The van der Waals surface area contributed by atoms with Gasteiger partial charge in [-0.1, -0.05) is 35.8 Å². The van der Waals surface area contributed by atoms with Crippen molar-refractivity contribution in [1.82, 2.24) is 0 Å². The van der Waals surface area contributed by atoms with Crippen molar-refractivity contribution in [1.29, 1.82) is 0 Å². The Labute approximate surface area is 127 Å². The van der Waals surface area contributed by atoms with Crippen LogP contribution in [-0.2, 0) is 9.59 Å². The summed E-state index contributed by atoms with van der Waals surface area (Å²) >= 11 is 3.37. The number of anilines is 2. The summed E-state index contributed by atoms with van der Waals surface area (Å²) in [6, 6.07) is 7.23. The first-order valence-corrected chi connectivity index (χ1v) is 7.75. The number of hydrogen-bond acceptors (Lipinski definition) is 2. The Kier molecular flexibility index (Phi) is 4.81. The molecule has 0 saturated heterocycles. The van der Waals surface area contributed by atoms with E-state index in [1.54, 1.807) is 6.07 Å². The SMILES string of the molecule is CC(C)C(Br)C(=O)Nc1cccc(NC(=O)C2CC2)c1. The maximum absolute atomic E-state index is 12.0. The zero-order valence-corrected chi connectivity index (χ0v) is 13.2. The minimum Gasteiger partial charge on any atom is -0.326 e. The molecule has 4 nitrogen and oxygen atoms in total. The Hall–Kier alpha value is -1.36. The van der Waals surface area contributed by atoms with Crippen LogP contribution >= 0.6 is 15.9 Å². The fourth-order valence-electron chi connectivity index (χ4n) is 1.78. The molecule has 1 unspecified atom stereocenters. The lowest BCUT2D eigenvalue weighted by molar-refractivity contribution is -0.117. The average Bonchev–Trinajstić information content (AvgIpc) is 3.22. The highest BCUT2D eigenvalue weighted by Gasteiger charge is 2.29. The highest BCUT2D eigenvalue weighted by atomic mass is 79.9. The number of amides is 2. The Balaban J connectivity index is 1.98. The van der Waals surface area contributed by atoms with Crippen molar-refractivity contribution in [2.45, 2.75) is 31.5 Å². The van der Waals surface area contributed by atoms with Crippen LogP contribution in [0, 0.1) is 11.8 Å². The van der Waals surface area contributed by atoms with Gasteiger partial charge in [0.1, 0.15) is 0 Å². The number of rotatable bonds is 5. The molecule has 2 amide bonds. The van der Waals surface area contributed by atoms with Gasteiger partial charge in [-0.25, -0.2) is 0 Å². The van der Waals surface area contributed by atoms with Crippen LogP contribution in [0.2, 0.25) is 0 Å². The van der Waals surface area contributed by atoms with Crippen molar-refractivity contribution in [2.75, 3.05) is 10.6 Å². The van der Waals surface area contributed by atoms with Gasteiger partial charge in [-0.15, -0.1) is 0 Å². The van der Waals surface area contributed by atoms with E-state index in [2.05, 4.69) is 26.6 Å². The van der Waals surface area contributed by atoms with Gasteiger partial charge in [0.25, 0.3) is 0 Å². The lowest BCUT2D eigenvalue weighted by Crippen LogP contribution is -2.27. The largest absolute Gasteiger partial charge is 0.326 e. The van der Waals surface area contributed by atoms with Crippen LogP contribution in [0.1, 0.15) is 26.7 Å². The first kappa shape index (κ1) is 15.0. The molecule has 1 aromatic rings. The summed E-state index contributed by atoms with van der Waals surface area (Å²) in [6.45, 7) is 3.95. The number of hydrogen-bond donors (Lipinski definition) is 2. The quantitative estimate of drug-likeness (QED) is 0.808. The van der Waals surface area contributed by atoms with Crippen LogP contribution in [0.15, 0.2) is 24.3 Å². The van der Waals surface area contributed by atoms with Crippen molar-refractivity contribution in [2.24, 2.45) is 11.8 Å². The maximum atomic E-state index is 12.0. The highest BCUT2D eigenvalue weighted by molar-refractivity contribution is 9.10. The summed E-state index contributed by atoms with van der Waals surface area (Å²) in [4.78, 5) is 23.4. The van der Waals surface area contributed by atoms with Crippen LogP contribution in [0.5, 0.6) is 0 Å². The standard InChI is InChI=1S/C15H19BrN2O2/c1-9(2)13(16)15(20)18-12-5-3-4-11(8-12)17-14(19)10-6-7-10/h3-5,8-10,13H,6-7H2,1-2H3,(H,17,19)(H,18,20). The molecule has 5 heteroatoms. The van der Waals surface area contributed by atoms with Gasteiger partial charge in [-0.2, -0.15) is 0 Å². The summed E-state index contributed by atoms with van der Waals surface area (Å²) in [5.74, 6) is 0.369. The predicted octanol–water partition coefficient (Wildman–Crippen LogP) is 3.39. The molecule has 20 heavy (non-hydrogen) atoms. The summed E-state index contributed by atoms with van der Waals surface area (Å²) in [7, 11) is 0. The molecule has 1 aromatic carbocycles. The summed E-state index contributed by atoms with van der Waals surface area (Å²) < 4.78 is 0. The van der Waals surface area contributed by atoms with E-state index in [1.807, 2.05) is 32.0 Å². The molecule has 0 aromatic heterocycles. The van der Waals surface area contributed by atoms with Crippen LogP contribution < -0.4 is 10.6 Å². The fraction of sp³-hybridized carbons (Fsp3) is 0.467. The first-order chi connectivity index (χ1) is 9.47. The summed E-state index contributed by atoms with van der Waals surface area (Å²) in [5.41, 5.74) is 1.41. The third-order valence-electron chi connectivity index (χ3n) is 3.18. The lowest BCUT2D eigenvalue weighted by Gasteiger charge is -2.14. The minimum atomic E-state index is -0.229. The monoisotopic (exact) mass is 338 g/mol. The zero-order valence-electron chi connectivity index (χ0n) is 11.7. The summed E-state index contributed by atoms with van der Waals surface area (Å²) in [6.07, 6.45) is 1.95. The third-order valence-corrected chi connectivity index (χ3v) is 4.65. The predicted molar refractivity (Wildman–Crippen MR) is 84.0 cm³/mol. The third kappa shape index (κ3) is 4.07. The second-order valence-corrected chi connectivity index (χ2v) is 6.47. The van der Waals surface area contributed by atoms with Gasteiger partial charge in [0.2, 0.25) is 11.8 Å². The number of benzene rings is 1. The van der Waals surface area contributed by atoms with Crippen LogP contribution in [0.3, 0.4) is 0 Å². The van der Waals surface area contributed by atoms with Gasteiger partial charge < -0.3 is 10.6 Å². The highest BCUT2D eigenvalue weighted by Crippen LogP contribution is 2.30. The molecular formula is C15H19BrN2O2. The van der Waals surface area contributed by atoms with Crippen LogP contribution in [0.25, 0.3) is 0 Å². The number of nitrogens with one attached hydrogen (secondary N) is 2. The number of carbonyl (C=O) groups excluding carboxylic acids is 2. The van der Waals surface area contributed by atoms with Crippen molar-refractivity contribution in [3.63, 3.8) is 0 Å². The van der Waals surface area contributed by atoms with Crippen molar-refractivity contribution in [3.8, 4) is 0 Å². The molecular weight excluding hydrogens is 320 g/mol. The number of carbonyl (C=O) groups is 2. The molecule has 108 valence electrons. The molecule has 1 aliphatic carbocycles. The van der Waals surface area contributed by atoms with Crippen LogP contribution in [-0.4, -0.2) is 16.6 Å². The molecule has 2 N–H and O–H groups in total. The van der Waals surface area contributed by atoms with Crippen LogP contribution in [0.4, 0.5) is 11.4 Å². The van der Waals surface area contributed by atoms with E-state index >= 15 is 0 Å². The van der Waals surface area contributed by atoms with Gasteiger partial charge >= 0.3 is 0 Å². The molecule has 0 heterocycles. The molecule has 1 saturated carbocycles. The average molecular weight is 339 g/mol. The van der Waals surface area contributed by atoms with Gasteiger partial charge in [0.05, 0.1) is 4.83 Å². The van der Waals surface area contributed by atoms with E-state index in [0.717, 1.165) is 18.5 Å². The fourth-order valence-corrected chi connectivity index (χ4v) is 1.89. The zero-order chi connectivity index (χ0) is 14.7. The Bertz CT molecular complexity index is 512. The molecule has 2 rings (SSSR count). The van der Waals surface area contributed by atoms with E-state index in [1.165, 1.54) is 0 Å². The second-order valence-electron chi connectivity index (χ2n) is 5.48. The summed E-state index contributed by atoms with van der Waals surface area (Å²) in [5, 5.41) is 5.71. The normalized spacial score (nSPS) is 15.8. The van der Waals surface area contributed by atoms with E-state index < -0.39 is 0 Å². The smallest absolute Gasteiger partial charge is 0.238 e. The minimum absolute atomic E-state index is 0.0639. The van der Waals surface area contributed by atoms with Crippen molar-refractivity contribution in [3.05, 3.63) is 24.3 Å². The molecule has 1 aliphatic rings. The Morgan fingerprint density at radius 3 is 2.35 bits per heavy atom. The first-order valence-electron chi connectivity index (χ1n) is 6.83. The van der Waals surface area contributed by atoms with Crippen molar-refractivity contribution >= 4 is 39.1 Å². The van der Waals surface area contributed by atoms with E-state index in [0.29, 0.717) is 5.69 Å². The van der Waals surface area contributed by atoms with Gasteiger partial charge in [0.15, 0.2) is 0 Å². The Morgan fingerprint density at radius 2 is 1.80 bits per heavy atom. The van der Waals surface area contributed by atoms with Gasteiger partial charge in [-0.05, 0) is 37.0 Å². The number of halogens is 1.